The molecule has 3 aromatic carbocycles. The lowest BCUT2D eigenvalue weighted by Gasteiger charge is -2.19. The van der Waals surface area contributed by atoms with Gasteiger partial charge in [-0.3, -0.25) is 9.69 Å². The normalized spacial score (nSPS) is 14.2. The van der Waals surface area contributed by atoms with E-state index in [9.17, 15) is 9.18 Å². The minimum Gasteiger partial charge on any atom is -0.496 e. The van der Waals surface area contributed by atoms with E-state index >= 15 is 0 Å². The van der Waals surface area contributed by atoms with Gasteiger partial charge < -0.3 is 9.15 Å². The van der Waals surface area contributed by atoms with Crippen LogP contribution in [-0.2, 0) is 6.54 Å². The fourth-order valence-corrected chi connectivity index (χ4v) is 4.47. The Morgan fingerprint density at radius 2 is 1.66 bits per heavy atom. The van der Waals surface area contributed by atoms with Crippen LogP contribution in [0, 0.1) is 5.82 Å². The lowest BCUT2D eigenvalue weighted by molar-refractivity contribution is 0.320. The van der Waals surface area contributed by atoms with Gasteiger partial charge in [0.2, 0.25) is 5.43 Å². The zero-order chi connectivity index (χ0) is 22.1. The second-order valence-corrected chi connectivity index (χ2v) is 8.11. The van der Waals surface area contributed by atoms with Gasteiger partial charge >= 0.3 is 0 Å². The summed E-state index contributed by atoms with van der Waals surface area (Å²) < 4.78 is 25.8. The van der Waals surface area contributed by atoms with Crippen LogP contribution in [0.4, 0.5) is 4.39 Å². The first kappa shape index (κ1) is 20.5. The summed E-state index contributed by atoms with van der Waals surface area (Å²) in [5.74, 6) is 0.796. The average Bonchev–Trinajstić information content (AvgIpc) is 3.34. The highest BCUT2D eigenvalue weighted by atomic mass is 19.1. The molecule has 0 N–H and O–H groups in total. The minimum atomic E-state index is -0.338. The van der Waals surface area contributed by atoms with Crippen LogP contribution in [0.25, 0.3) is 33.4 Å². The molecule has 32 heavy (non-hydrogen) atoms. The van der Waals surface area contributed by atoms with E-state index in [0.29, 0.717) is 40.2 Å². The summed E-state index contributed by atoms with van der Waals surface area (Å²) in [4.78, 5) is 16.1. The highest BCUT2D eigenvalue weighted by molar-refractivity contribution is 5.91. The highest BCUT2D eigenvalue weighted by Crippen LogP contribution is 2.36. The Labute approximate surface area is 185 Å². The Balaban J connectivity index is 1.81. The Kier molecular flexibility index (Phi) is 5.50. The van der Waals surface area contributed by atoms with Gasteiger partial charge in [0.15, 0.2) is 0 Å². The van der Waals surface area contributed by atoms with Crippen molar-refractivity contribution in [2.24, 2.45) is 0 Å². The van der Waals surface area contributed by atoms with E-state index in [1.165, 1.54) is 12.1 Å². The molecule has 0 atom stereocenters. The van der Waals surface area contributed by atoms with E-state index in [0.717, 1.165) is 37.1 Å². The molecule has 5 rings (SSSR count). The van der Waals surface area contributed by atoms with Crippen molar-refractivity contribution in [2.75, 3.05) is 20.2 Å². The van der Waals surface area contributed by atoms with Crippen molar-refractivity contribution < 1.29 is 13.5 Å². The van der Waals surface area contributed by atoms with E-state index in [1.807, 2.05) is 36.4 Å². The SMILES string of the molecule is COc1ccc2c(=O)c(-c3ccccc3)c(-c3ccc(F)cc3)oc2c1CN1CCCC1. The molecular weight excluding hydrogens is 405 g/mol. The molecule has 162 valence electrons. The summed E-state index contributed by atoms with van der Waals surface area (Å²) in [6.07, 6.45) is 2.33. The summed E-state index contributed by atoms with van der Waals surface area (Å²) in [6.45, 7) is 2.67. The third kappa shape index (κ3) is 3.69. The summed E-state index contributed by atoms with van der Waals surface area (Å²) >= 11 is 0. The lowest BCUT2D eigenvalue weighted by Crippen LogP contribution is -2.19. The molecule has 0 aliphatic carbocycles. The zero-order valence-corrected chi connectivity index (χ0v) is 17.9. The van der Waals surface area contributed by atoms with Crippen LogP contribution in [0.1, 0.15) is 18.4 Å². The quantitative estimate of drug-likeness (QED) is 0.398. The molecule has 0 spiro atoms. The molecule has 1 fully saturated rings. The number of halogens is 1. The molecule has 1 aliphatic heterocycles. The molecule has 1 aromatic heterocycles. The average molecular weight is 429 g/mol. The van der Waals surface area contributed by atoms with Crippen LogP contribution in [-0.4, -0.2) is 25.1 Å². The fourth-order valence-electron chi connectivity index (χ4n) is 4.47. The maximum absolute atomic E-state index is 13.8. The predicted molar refractivity (Wildman–Crippen MR) is 124 cm³/mol. The van der Waals surface area contributed by atoms with Crippen LogP contribution >= 0.6 is 0 Å². The van der Waals surface area contributed by atoms with Gasteiger partial charge in [-0.25, -0.2) is 4.39 Å². The number of methoxy groups -OCH3 is 1. The van der Waals surface area contributed by atoms with Gasteiger partial charge in [-0.2, -0.15) is 0 Å². The third-order valence-electron chi connectivity index (χ3n) is 6.09. The van der Waals surface area contributed by atoms with Crippen LogP contribution in [0.2, 0.25) is 0 Å². The summed E-state index contributed by atoms with van der Waals surface area (Å²) in [7, 11) is 1.63. The van der Waals surface area contributed by atoms with Crippen molar-refractivity contribution >= 4 is 11.0 Å². The van der Waals surface area contributed by atoms with Crippen molar-refractivity contribution in [3.63, 3.8) is 0 Å². The van der Waals surface area contributed by atoms with E-state index in [-0.39, 0.29) is 11.2 Å². The number of nitrogens with zero attached hydrogens (tertiary/aromatic N) is 1. The molecule has 0 radical (unpaired) electrons. The van der Waals surface area contributed by atoms with E-state index < -0.39 is 0 Å². The number of benzene rings is 3. The minimum absolute atomic E-state index is 0.109. The van der Waals surface area contributed by atoms with E-state index in [1.54, 1.807) is 25.3 Å². The standard InChI is InChI=1S/C27H24FNO3/c1-31-23-14-13-21-25(30)24(18-7-3-2-4-8-18)26(19-9-11-20(28)12-10-19)32-27(21)22(23)17-29-15-5-6-16-29/h2-4,7-14H,5-6,15-17H2,1H3. The summed E-state index contributed by atoms with van der Waals surface area (Å²) in [5, 5.41) is 0.518. The molecule has 4 nitrogen and oxygen atoms in total. The van der Waals surface area contributed by atoms with E-state index in [4.69, 9.17) is 9.15 Å². The van der Waals surface area contributed by atoms with E-state index in [2.05, 4.69) is 4.90 Å². The third-order valence-corrected chi connectivity index (χ3v) is 6.09. The van der Waals surface area contributed by atoms with Gasteiger partial charge in [-0.15, -0.1) is 0 Å². The Hall–Kier alpha value is -3.44. The summed E-state index contributed by atoms with van der Waals surface area (Å²) in [6, 6.07) is 19.1. The van der Waals surface area contributed by atoms with Crippen LogP contribution in [0.5, 0.6) is 5.75 Å². The van der Waals surface area contributed by atoms with Crippen molar-refractivity contribution in [3.8, 4) is 28.2 Å². The number of rotatable bonds is 5. The Morgan fingerprint density at radius 3 is 2.34 bits per heavy atom. The number of hydrogen-bond donors (Lipinski definition) is 0. The number of ether oxygens (including phenoxy) is 1. The van der Waals surface area contributed by atoms with Gasteiger partial charge in [0.25, 0.3) is 0 Å². The topological polar surface area (TPSA) is 42.7 Å². The first-order valence-electron chi connectivity index (χ1n) is 10.9. The molecule has 5 heteroatoms. The summed E-state index contributed by atoms with van der Waals surface area (Å²) in [5.41, 5.74) is 3.18. The molecule has 0 saturated carbocycles. The Morgan fingerprint density at radius 1 is 0.938 bits per heavy atom. The van der Waals surface area contributed by atoms with Crippen molar-refractivity contribution in [1.29, 1.82) is 0 Å². The van der Waals surface area contributed by atoms with Gasteiger partial charge in [0.1, 0.15) is 22.9 Å². The smallest absolute Gasteiger partial charge is 0.201 e. The second kappa shape index (κ2) is 8.60. The molecule has 0 amide bonds. The maximum Gasteiger partial charge on any atom is 0.201 e. The highest BCUT2D eigenvalue weighted by Gasteiger charge is 2.23. The van der Waals surface area contributed by atoms with Crippen LogP contribution in [0.3, 0.4) is 0 Å². The van der Waals surface area contributed by atoms with Crippen molar-refractivity contribution in [1.82, 2.24) is 4.90 Å². The largest absolute Gasteiger partial charge is 0.496 e. The number of fused-ring (bicyclic) bond motifs is 1. The molecule has 1 saturated heterocycles. The monoisotopic (exact) mass is 429 g/mol. The van der Waals surface area contributed by atoms with Gasteiger partial charge in [-0.1, -0.05) is 30.3 Å². The molecule has 4 aromatic rings. The first-order valence-corrected chi connectivity index (χ1v) is 10.9. The molecule has 0 bridgehead atoms. The molecule has 1 aliphatic rings. The van der Waals surface area contributed by atoms with Gasteiger partial charge in [-0.05, 0) is 67.9 Å². The van der Waals surface area contributed by atoms with Gasteiger partial charge in [0, 0.05) is 12.1 Å². The molecule has 2 heterocycles. The number of likely N-dealkylation sites (tertiary alicyclic amines) is 1. The second-order valence-electron chi connectivity index (χ2n) is 8.11. The van der Waals surface area contributed by atoms with Crippen LogP contribution in [0.15, 0.2) is 75.9 Å². The van der Waals surface area contributed by atoms with Crippen molar-refractivity contribution in [3.05, 3.63) is 88.3 Å². The van der Waals surface area contributed by atoms with Gasteiger partial charge in [0.05, 0.1) is 23.6 Å². The maximum atomic E-state index is 13.8. The molecule has 0 unspecified atom stereocenters. The number of hydrogen-bond acceptors (Lipinski definition) is 4. The predicted octanol–water partition coefficient (Wildman–Crippen LogP) is 5.87. The van der Waals surface area contributed by atoms with Crippen LogP contribution < -0.4 is 10.2 Å². The lowest BCUT2D eigenvalue weighted by atomic mass is 9.97. The fraction of sp³-hybridized carbons (Fsp3) is 0.222. The zero-order valence-electron chi connectivity index (χ0n) is 17.9. The molecular formula is C27H24FNO3. The Bertz CT molecular complexity index is 1310. The first-order chi connectivity index (χ1) is 15.7. The van der Waals surface area contributed by atoms with Crippen molar-refractivity contribution in [2.45, 2.75) is 19.4 Å².